The van der Waals surface area contributed by atoms with Crippen LogP contribution >= 0.6 is 23.5 Å². The zero-order chi connectivity index (χ0) is 23.6. The number of amides is 1. The van der Waals surface area contributed by atoms with E-state index in [9.17, 15) is 22.8 Å². The molecule has 9 heteroatoms. The summed E-state index contributed by atoms with van der Waals surface area (Å²) in [6.45, 7) is 0.0326. The third kappa shape index (κ3) is 8.88. The van der Waals surface area contributed by atoms with E-state index in [1.54, 1.807) is 30.3 Å². The van der Waals surface area contributed by atoms with Crippen molar-refractivity contribution in [2.24, 2.45) is 0 Å². The molecule has 0 aliphatic carbocycles. The first-order valence-electron chi connectivity index (χ1n) is 10.1. The lowest BCUT2D eigenvalue weighted by Gasteiger charge is -2.20. The highest BCUT2D eigenvalue weighted by Gasteiger charge is 2.30. The highest BCUT2D eigenvalue weighted by atomic mass is 32.2. The van der Waals surface area contributed by atoms with Crippen molar-refractivity contribution in [3.8, 4) is 0 Å². The second-order valence-electron chi connectivity index (χ2n) is 7.15. The number of benzene rings is 2. The minimum absolute atomic E-state index is 0.0326. The summed E-state index contributed by atoms with van der Waals surface area (Å²) < 4.78 is 38.5. The van der Waals surface area contributed by atoms with Gasteiger partial charge in [-0.2, -0.15) is 13.2 Å². The molecule has 0 heterocycles. The monoisotopic (exact) mass is 485 g/mol. The van der Waals surface area contributed by atoms with E-state index in [1.807, 2.05) is 6.26 Å². The number of rotatable bonds is 11. The first-order chi connectivity index (χ1) is 15.2. The molecule has 32 heavy (non-hydrogen) atoms. The maximum atomic E-state index is 12.8. The number of alkyl halides is 3. The summed E-state index contributed by atoms with van der Waals surface area (Å²) in [5.41, 5.74) is 0.376. The van der Waals surface area contributed by atoms with Gasteiger partial charge in [0.2, 0.25) is 11.0 Å². The molecule has 0 aromatic heterocycles. The molecule has 2 aromatic rings. The van der Waals surface area contributed by atoms with E-state index in [0.29, 0.717) is 24.0 Å². The summed E-state index contributed by atoms with van der Waals surface area (Å²) in [4.78, 5) is 25.3. The number of aliphatic hydroxyl groups excluding tert-OH is 1. The Morgan fingerprint density at radius 1 is 1.06 bits per heavy atom. The van der Waals surface area contributed by atoms with Crippen LogP contribution in [0.4, 0.5) is 13.2 Å². The molecule has 2 N–H and O–H groups in total. The molecule has 1 amide bonds. The van der Waals surface area contributed by atoms with E-state index in [1.165, 1.54) is 23.9 Å². The van der Waals surface area contributed by atoms with Gasteiger partial charge in [-0.25, -0.2) is 0 Å². The van der Waals surface area contributed by atoms with Gasteiger partial charge >= 0.3 is 6.18 Å². The Kier molecular flexibility index (Phi) is 10.6. The van der Waals surface area contributed by atoms with Crippen LogP contribution in [0, 0.1) is 0 Å². The van der Waals surface area contributed by atoms with E-state index < -0.39 is 17.0 Å². The number of carbonyl (C=O) groups excluding carboxylic acids is 2. The molecule has 174 valence electrons. The van der Waals surface area contributed by atoms with Crippen LogP contribution in [0.15, 0.2) is 54.6 Å². The van der Waals surface area contributed by atoms with Crippen LogP contribution in [0.5, 0.6) is 0 Å². The maximum absolute atomic E-state index is 12.8. The number of nitrogens with one attached hydrogen (secondary N) is 1. The first kappa shape index (κ1) is 26.3. The average molecular weight is 486 g/mol. The Balaban J connectivity index is 2.11. The number of aliphatic hydroxyl groups is 1. The number of hydrogen-bond donors (Lipinski definition) is 2. The molecule has 0 saturated carbocycles. The van der Waals surface area contributed by atoms with Crippen molar-refractivity contribution in [3.05, 3.63) is 71.3 Å². The Morgan fingerprint density at radius 2 is 1.72 bits per heavy atom. The van der Waals surface area contributed by atoms with Gasteiger partial charge in [-0.3, -0.25) is 9.59 Å². The van der Waals surface area contributed by atoms with E-state index in [4.69, 9.17) is 5.11 Å². The molecule has 2 unspecified atom stereocenters. The molecule has 0 radical (unpaired) electrons. The largest absolute Gasteiger partial charge is 0.416 e. The molecule has 0 bridgehead atoms. The van der Waals surface area contributed by atoms with Crippen LogP contribution in [-0.2, 0) is 17.4 Å². The number of thioether (sulfide) groups is 2. The van der Waals surface area contributed by atoms with Crippen molar-refractivity contribution in [2.45, 2.75) is 42.5 Å². The molecule has 0 fully saturated rings. The zero-order valence-corrected chi connectivity index (χ0v) is 19.2. The van der Waals surface area contributed by atoms with Crippen molar-refractivity contribution in [3.63, 3.8) is 0 Å². The Morgan fingerprint density at radius 3 is 2.28 bits per heavy atom. The van der Waals surface area contributed by atoms with Crippen molar-refractivity contribution in [2.75, 3.05) is 12.9 Å². The minimum atomic E-state index is -4.42. The van der Waals surface area contributed by atoms with Crippen LogP contribution < -0.4 is 5.32 Å². The third-order valence-electron chi connectivity index (χ3n) is 4.67. The number of carbonyl (C=O) groups is 2. The summed E-state index contributed by atoms with van der Waals surface area (Å²) in [7, 11) is 0. The maximum Gasteiger partial charge on any atom is 0.416 e. The second-order valence-corrected chi connectivity index (χ2v) is 9.47. The molecule has 2 atom stereocenters. The third-order valence-corrected chi connectivity index (χ3v) is 6.71. The molecular formula is C23H26F3NO3S2. The van der Waals surface area contributed by atoms with Gasteiger partial charge in [-0.05, 0) is 43.2 Å². The molecule has 0 spiro atoms. The van der Waals surface area contributed by atoms with E-state index in [0.717, 1.165) is 23.9 Å². The quantitative estimate of drug-likeness (QED) is 0.431. The fourth-order valence-corrected chi connectivity index (χ4v) is 4.75. The van der Waals surface area contributed by atoms with E-state index in [-0.39, 0.29) is 35.8 Å². The van der Waals surface area contributed by atoms with E-state index in [2.05, 4.69) is 5.32 Å². The van der Waals surface area contributed by atoms with Crippen molar-refractivity contribution in [1.29, 1.82) is 0 Å². The Bertz CT molecular complexity index is 861. The standard InChI is InChI=1S/C23H26F3NO3S2/c1-31-21(8-5-13-28)27-20(29)15-19(32-22(30)17-6-3-2-4-7-17)14-16-9-11-18(12-10-16)23(24,25)26/h2-4,6-7,9-12,19,21,28H,5,8,13-15H2,1H3,(H,27,29). The van der Waals surface area contributed by atoms with E-state index >= 15 is 0 Å². The number of halogens is 3. The Labute approximate surface area is 194 Å². The van der Waals surface area contributed by atoms with Crippen molar-refractivity contribution >= 4 is 34.5 Å². The van der Waals surface area contributed by atoms with Crippen LogP contribution in [-0.4, -0.2) is 39.6 Å². The minimum Gasteiger partial charge on any atom is -0.396 e. The van der Waals surface area contributed by atoms with Gasteiger partial charge in [0, 0.05) is 23.8 Å². The molecule has 2 aromatic carbocycles. The lowest BCUT2D eigenvalue weighted by molar-refractivity contribution is -0.137. The highest BCUT2D eigenvalue weighted by molar-refractivity contribution is 8.14. The predicted molar refractivity (Wildman–Crippen MR) is 124 cm³/mol. The summed E-state index contributed by atoms with van der Waals surface area (Å²) in [5.74, 6) is -0.243. The molecule has 0 saturated heterocycles. The van der Waals surface area contributed by atoms with Crippen molar-refractivity contribution in [1.82, 2.24) is 5.32 Å². The van der Waals surface area contributed by atoms with Gasteiger partial charge in [-0.1, -0.05) is 54.2 Å². The summed E-state index contributed by atoms with van der Waals surface area (Å²) in [6.07, 6.45) is -1.08. The van der Waals surface area contributed by atoms with Gasteiger partial charge in [0.05, 0.1) is 10.9 Å². The fourth-order valence-electron chi connectivity index (χ4n) is 3.01. The highest BCUT2D eigenvalue weighted by Crippen LogP contribution is 2.30. The molecule has 0 aliphatic rings. The summed E-state index contributed by atoms with van der Waals surface area (Å²) in [6, 6.07) is 13.4. The summed E-state index contributed by atoms with van der Waals surface area (Å²) in [5, 5.41) is 11.1. The SMILES string of the molecule is CSC(CCCO)NC(=O)CC(Cc1ccc(C(F)(F)F)cc1)SC(=O)c1ccccc1. The van der Waals surface area contributed by atoms with Crippen molar-refractivity contribution < 1.29 is 27.9 Å². The first-order valence-corrected chi connectivity index (χ1v) is 12.2. The Hall–Kier alpha value is -1.97. The van der Waals surface area contributed by atoms with Crippen LogP contribution in [0.3, 0.4) is 0 Å². The second kappa shape index (κ2) is 12.9. The summed E-state index contributed by atoms with van der Waals surface area (Å²) >= 11 is 2.48. The van der Waals surface area contributed by atoms with Gasteiger partial charge in [0.25, 0.3) is 0 Å². The van der Waals surface area contributed by atoms with Gasteiger partial charge in [0.15, 0.2) is 0 Å². The lowest BCUT2D eigenvalue weighted by Crippen LogP contribution is -2.34. The molecule has 0 aliphatic heterocycles. The van der Waals surface area contributed by atoms with Gasteiger partial charge in [-0.15, -0.1) is 11.8 Å². The molecule has 4 nitrogen and oxygen atoms in total. The smallest absolute Gasteiger partial charge is 0.396 e. The van der Waals surface area contributed by atoms with Gasteiger partial charge in [0.1, 0.15) is 0 Å². The zero-order valence-electron chi connectivity index (χ0n) is 17.6. The molecule has 2 rings (SSSR count). The predicted octanol–water partition coefficient (Wildman–Crippen LogP) is 5.16. The van der Waals surface area contributed by atoms with Crippen LogP contribution in [0.1, 0.15) is 40.7 Å². The topological polar surface area (TPSA) is 66.4 Å². The fraction of sp³-hybridized carbons (Fsp3) is 0.391. The van der Waals surface area contributed by atoms with Crippen LogP contribution in [0.2, 0.25) is 0 Å². The van der Waals surface area contributed by atoms with Crippen LogP contribution in [0.25, 0.3) is 0 Å². The molecular weight excluding hydrogens is 459 g/mol. The normalized spacial score (nSPS) is 13.4. The number of hydrogen-bond acceptors (Lipinski definition) is 5. The lowest BCUT2D eigenvalue weighted by atomic mass is 10.1. The average Bonchev–Trinajstić information content (AvgIpc) is 2.76. The van der Waals surface area contributed by atoms with Gasteiger partial charge < -0.3 is 10.4 Å².